The second-order valence-electron chi connectivity index (χ2n) is 13.0. The molecule has 0 aromatic heterocycles. The van der Waals surface area contributed by atoms with Gasteiger partial charge < -0.3 is 4.74 Å². The molecule has 0 amide bonds. The van der Waals surface area contributed by atoms with Gasteiger partial charge in [0.15, 0.2) is 0 Å². The Morgan fingerprint density at radius 1 is 0.395 bits per heavy atom. The Balaban J connectivity index is 1.43. The first-order chi connectivity index (χ1) is 20.9. The van der Waals surface area contributed by atoms with Crippen molar-refractivity contribution in [2.45, 2.75) is 50.2 Å². The summed E-state index contributed by atoms with van der Waals surface area (Å²) in [6.45, 7) is 10.2. The van der Waals surface area contributed by atoms with E-state index in [1.165, 1.54) is 32.3 Å². The number of fused-ring (bicyclic) bond motifs is 5. The van der Waals surface area contributed by atoms with Crippen LogP contribution in [0.3, 0.4) is 0 Å². The normalized spacial score (nSPS) is 21.3. The minimum Gasteiger partial charge on any atom is -0.365 e. The molecule has 4 unspecified atom stereocenters. The lowest BCUT2D eigenvalue weighted by Gasteiger charge is -2.52. The molecule has 1 saturated heterocycles. The van der Waals surface area contributed by atoms with Gasteiger partial charge in [0.2, 0.25) is 0 Å². The summed E-state index contributed by atoms with van der Waals surface area (Å²) in [5.74, 6) is 0.678. The fourth-order valence-electron chi connectivity index (χ4n) is 8.12. The van der Waals surface area contributed by atoms with Crippen LogP contribution in [0.5, 0.6) is 0 Å². The number of ether oxygens (including phenoxy) is 1. The van der Waals surface area contributed by atoms with Gasteiger partial charge in [0.1, 0.15) is 0 Å². The number of hydrogen-bond acceptors (Lipinski definition) is 1. The molecule has 1 nitrogen and oxygen atoms in total. The first kappa shape index (κ1) is 28.7. The third kappa shape index (κ3) is 4.91. The smallest absolute Gasteiger partial charge is 0.0878 e. The average molecular weight is 599 g/mol. The van der Waals surface area contributed by atoms with E-state index in [1.807, 2.05) is 0 Å². The van der Waals surface area contributed by atoms with E-state index in [-0.39, 0.29) is 22.5 Å². The summed E-state index contributed by atoms with van der Waals surface area (Å²) < 4.78 is 7.21. The predicted molar refractivity (Wildman–Crippen MR) is 186 cm³/mol. The van der Waals surface area contributed by atoms with Crippen LogP contribution in [0.4, 0.5) is 0 Å². The van der Waals surface area contributed by atoms with Gasteiger partial charge in [-0.3, -0.25) is 0 Å². The first-order valence-corrected chi connectivity index (χ1v) is 18.1. The molecule has 43 heavy (non-hydrogen) atoms. The van der Waals surface area contributed by atoms with Crippen LogP contribution in [0.25, 0.3) is 0 Å². The summed E-state index contributed by atoms with van der Waals surface area (Å²) in [6, 6.07) is 54.1. The Kier molecular flexibility index (Phi) is 7.63. The summed E-state index contributed by atoms with van der Waals surface area (Å²) in [7, 11) is -1.36. The van der Waals surface area contributed by atoms with Gasteiger partial charge in [0.25, 0.3) is 0 Å². The van der Waals surface area contributed by atoms with Crippen molar-refractivity contribution in [2.24, 2.45) is 11.8 Å². The Hall–Kier alpha value is -3.08. The Morgan fingerprint density at radius 2 is 0.651 bits per heavy atom. The molecule has 2 bridgehead atoms. The molecule has 0 saturated carbocycles. The molecule has 0 radical (unpaired) electrons. The van der Waals surface area contributed by atoms with E-state index in [0.717, 1.165) is 0 Å². The van der Waals surface area contributed by atoms with Gasteiger partial charge in [0, 0.05) is 11.8 Å². The van der Waals surface area contributed by atoms with Crippen LogP contribution in [0, 0.1) is 11.8 Å². The third-order valence-electron chi connectivity index (χ3n) is 9.78. The van der Waals surface area contributed by atoms with Crippen molar-refractivity contribution in [3.63, 3.8) is 0 Å². The zero-order valence-corrected chi connectivity index (χ0v) is 27.3. The Labute approximate surface area is 259 Å². The van der Waals surface area contributed by atoms with Crippen molar-refractivity contribution in [3.05, 3.63) is 157 Å². The molecule has 5 aromatic carbocycles. The Morgan fingerprint density at radius 3 is 0.930 bits per heavy atom. The topological polar surface area (TPSA) is 9.23 Å². The number of benzene rings is 5. The zero-order valence-electron chi connectivity index (χ0n) is 25.5. The first-order valence-electron chi connectivity index (χ1n) is 15.4. The molecule has 2 aliphatic heterocycles. The van der Waals surface area contributed by atoms with Crippen molar-refractivity contribution in [2.75, 3.05) is 0 Å². The quantitative estimate of drug-likeness (QED) is 0.162. The number of hydrogen-bond donors (Lipinski definition) is 0. The van der Waals surface area contributed by atoms with Crippen LogP contribution in [-0.2, 0) is 4.74 Å². The monoisotopic (exact) mass is 598 g/mol. The highest BCUT2D eigenvalue weighted by Crippen LogP contribution is 2.72. The second kappa shape index (κ2) is 11.4. The van der Waals surface area contributed by atoms with E-state index in [0.29, 0.717) is 11.8 Å². The largest absolute Gasteiger partial charge is 0.365 e. The molecule has 0 N–H and O–H groups in total. The van der Waals surface area contributed by atoms with E-state index >= 15 is 0 Å². The van der Waals surface area contributed by atoms with E-state index in [9.17, 15) is 0 Å². The van der Waals surface area contributed by atoms with Crippen LogP contribution < -0.4 is 21.2 Å². The average Bonchev–Trinajstić information content (AvgIpc) is 3.62. The van der Waals surface area contributed by atoms with Crippen molar-refractivity contribution in [3.8, 4) is 0 Å². The van der Waals surface area contributed by atoms with E-state index in [1.54, 1.807) is 0 Å². The van der Waals surface area contributed by atoms with Crippen LogP contribution >= 0.6 is 15.8 Å². The van der Waals surface area contributed by atoms with Crippen LogP contribution in [0.1, 0.15) is 51.0 Å². The maximum absolute atomic E-state index is 7.21. The van der Waals surface area contributed by atoms with Crippen molar-refractivity contribution in [1.29, 1.82) is 0 Å². The molecular formula is C40H40OP2. The molecule has 7 rings (SSSR count). The molecule has 2 aliphatic rings. The van der Waals surface area contributed by atoms with Crippen molar-refractivity contribution >= 4 is 37.1 Å². The molecule has 2 heterocycles. The molecule has 4 atom stereocenters. The highest BCUT2D eigenvalue weighted by atomic mass is 31.1. The second-order valence-corrected chi connectivity index (χ2v) is 18.7. The van der Waals surface area contributed by atoms with E-state index < -0.39 is 15.8 Å². The summed E-state index contributed by atoms with van der Waals surface area (Å²) in [6.07, 6.45) is 0.169. The SMILES string of the molecule is CC(C)(C1C2OC(c3ccccc32)C1C(C)(C)P(c1ccccc1)c1ccccc1)P(c1ccccc1)c1ccccc1. The van der Waals surface area contributed by atoms with Gasteiger partial charge in [-0.2, -0.15) is 0 Å². The van der Waals surface area contributed by atoms with Gasteiger partial charge in [-0.15, -0.1) is 0 Å². The van der Waals surface area contributed by atoms with Crippen LogP contribution in [0.15, 0.2) is 146 Å². The lowest BCUT2D eigenvalue weighted by Crippen LogP contribution is -2.50. The summed E-state index contributed by atoms with van der Waals surface area (Å²) in [5.41, 5.74) is 2.80. The lowest BCUT2D eigenvalue weighted by atomic mass is 9.66. The fraction of sp³-hybridized carbons (Fsp3) is 0.250. The third-order valence-corrected chi connectivity index (χ3v) is 15.9. The molecule has 0 aliphatic carbocycles. The molecule has 0 spiro atoms. The highest BCUT2D eigenvalue weighted by Gasteiger charge is 2.63. The number of rotatable bonds is 8. The van der Waals surface area contributed by atoms with E-state index in [4.69, 9.17) is 4.74 Å². The summed E-state index contributed by atoms with van der Waals surface area (Å²) in [5, 5.41) is 5.68. The van der Waals surface area contributed by atoms with Gasteiger partial charge >= 0.3 is 0 Å². The molecule has 3 heteroatoms. The summed E-state index contributed by atoms with van der Waals surface area (Å²) >= 11 is 0. The predicted octanol–water partition coefficient (Wildman–Crippen LogP) is 8.87. The van der Waals surface area contributed by atoms with Crippen molar-refractivity contribution in [1.82, 2.24) is 0 Å². The minimum atomic E-state index is -0.681. The molecule has 5 aromatic rings. The van der Waals surface area contributed by atoms with E-state index in [2.05, 4.69) is 173 Å². The van der Waals surface area contributed by atoms with Gasteiger partial charge in [-0.25, -0.2) is 0 Å². The van der Waals surface area contributed by atoms with Crippen LogP contribution in [0.2, 0.25) is 0 Å². The lowest BCUT2D eigenvalue weighted by molar-refractivity contribution is 0.0495. The highest BCUT2D eigenvalue weighted by molar-refractivity contribution is 7.75. The molecule has 1 fully saturated rings. The van der Waals surface area contributed by atoms with Gasteiger partial charge in [-0.05, 0) is 58.5 Å². The van der Waals surface area contributed by atoms with Gasteiger partial charge in [0.05, 0.1) is 12.2 Å². The van der Waals surface area contributed by atoms with Gasteiger partial charge in [-0.1, -0.05) is 173 Å². The standard InChI is InChI=1S/C40H40OP2/c1-39(2,42(29-19-9-5-10-20-29)30-21-11-6-12-22-30)35-36(38-34-28-18-17-27-33(34)37(35)41-38)40(3,4)43(31-23-13-7-14-24-31)32-25-15-8-16-26-32/h5-28,35-38H,1-4H3. The fourth-order valence-corrected chi connectivity index (χ4v) is 14.4. The Bertz CT molecular complexity index is 1460. The zero-order chi connectivity index (χ0) is 29.6. The maximum atomic E-state index is 7.21. The minimum absolute atomic E-state index is 0.0404. The van der Waals surface area contributed by atoms with Crippen LogP contribution in [-0.4, -0.2) is 10.3 Å². The molecular weight excluding hydrogens is 558 g/mol. The molecule has 216 valence electrons. The van der Waals surface area contributed by atoms with Crippen molar-refractivity contribution < 1.29 is 4.74 Å². The maximum Gasteiger partial charge on any atom is 0.0878 e. The summed E-state index contributed by atoms with van der Waals surface area (Å²) in [4.78, 5) is 0.